The van der Waals surface area contributed by atoms with Crippen molar-refractivity contribution in [2.24, 2.45) is 27.7 Å². The van der Waals surface area contributed by atoms with Crippen LogP contribution in [0.25, 0.3) is 22.3 Å². The van der Waals surface area contributed by atoms with E-state index in [0.717, 1.165) is 78.6 Å². The van der Waals surface area contributed by atoms with Crippen molar-refractivity contribution in [1.29, 1.82) is 0 Å². The van der Waals surface area contributed by atoms with Crippen LogP contribution in [-0.2, 0) is 0 Å². The molecule has 0 fully saturated rings. The van der Waals surface area contributed by atoms with Crippen molar-refractivity contribution in [2.75, 3.05) is 0 Å². The molecule has 0 saturated heterocycles. The van der Waals surface area contributed by atoms with Gasteiger partial charge < -0.3 is 0 Å². The SMILES string of the molecule is C=C(C1=CCC(C)C=C1)C(=Nc1c(/C(=C/C(CCCCC)=C(\C)c2ccc(C(=C)/C=C\C(=C/C)C(C)(C)C)c(C(C)C(C)CCCCCCCC)c2)CCCC)ccc(/C(C)=C/C(CCCCC)=C(\C)C(C)(C)C)c1C)c1ccccc1.CCC.CCCCCCC. The molecule has 0 radical (unpaired) electrons. The summed E-state index contributed by atoms with van der Waals surface area (Å²) in [7, 11) is 0. The first kappa shape index (κ1) is 82.8. The molecule has 3 unspecified atom stereocenters. The lowest BCUT2D eigenvalue weighted by Crippen LogP contribution is -2.10. The average Bonchev–Trinajstić information content (AvgIpc) is 0.805. The normalized spacial score (nSPS) is 15.5. The molecule has 0 aliphatic heterocycles. The van der Waals surface area contributed by atoms with E-state index in [4.69, 9.17) is 18.2 Å². The number of rotatable bonds is 36. The van der Waals surface area contributed by atoms with E-state index in [9.17, 15) is 0 Å². The van der Waals surface area contributed by atoms with Gasteiger partial charge in [0, 0.05) is 16.7 Å². The van der Waals surface area contributed by atoms with E-state index in [-0.39, 0.29) is 10.8 Å². The largest absolute Gasteiger partial charge is 0.247 e. The Labute approximate surface area is 571 Å². The lowest BCUT2D eigenvalue weighted by atomic mass is 9.80. The molecule has 0 saturated carbocycles. The third kappa shape index (κ3) is 28.8. The van der Waals surface area contributed by atoms with Gasteiger partial charge in [-0.15, -0.1) is 0 Å². The van der Waals surface area contributed by atoms with Crippen molar-refractivity contribution in [3.8, 4) is 0 Å². The second-order valence-electron chi connectivity index (χ2n) is 29.5. The van der Waals surface area contributed by atoms with E-state index in [1.165, 1.54) is 188 Å². The summed E-state index contributed by atoms with van der Waals surface area (Å²) in [5.41, 5.74) is 23.9. The number of nitrogens with zero attached hydrogens (tertiary/aromatic N) is 1. The Hall–Kier alpha value is -5.27. The molecule has 0 spiro atoms. The van der Waals surface area contributed by atoms with Crippen LogP contribution in [-0.4, -0.2) is 5.71 Å². The van der Waals surface area contributed by atoms with Crippen molar-refractivity contribution in [1.82, 2.24) is 0 Å². The van der Waals surface area contributed by atoms with Gasteiger partial charge in [0.05, 0.1) is 11.4 Å². The molecule has 1 aliphatic carbocycles. The van der Waals surface area contributed by atoms with Crippen molar-refractivity contribution in [2.45, 2.75) is 319 Å². The Morgan fingerprint density at radius 2 is 1.13 bits per heavy atom. The van der Waals surface area contributed by atoms with E-state index in [0.29, 0.717) is 17.8 Å². The first-order valence-corrected chi connectivity index (χ1v) is 37.7. The Bertz CT molecular complexity index is 2940. The number of benzene rings is 3. The fourth-order valence-electron chi connectivity index (χ4n) is 12.4. The minimum atomic E-state index is 0.0585. The van der Waals surface area contributed by atoms with Crippen LogP contribution in [0.3, 0.4) is 0 Å². The Morgan fingerprint density at radius 3 is 1.67 bits per heavy atom. The Kier molecular flexibility index (Phi) is 40.7. The summed E-state index contributed by atoms with van der Waals surface area (Å²) in [5.74, 6) is 1.43. The van der Waals surface area contributed by atoms with Crippen LogP contribution in [0.1, 0.15) is 351 Å². The van der Waals surface area contributed by atoms with Crippen LogP contribution in [0.2, 0.25) is 0 Å². The minimum Gasteiger partial charge on any atom is -0.247 e. The monoisotopic (exact) mass is 1250 g/mol. The van der Waals surface area contributed by atoms with Crippen molar-refractivity contribution >= 4 is 33.7 Å². The van der Waals surface area contributed by atoms with Gasteiger partial charge in [-0.3, -0.25) is 0 Å². The van der Waals surface area contributed by atoms with Crippen LogP contribution in [0.4, 0.5) is 5.69 Å². The summed E-state index contributed by atoms with van der Waals surface area (Å²) in [6.45, 7) is 60.5. The van der Waals surface area contributed by atoms with Gasteiger partial charge >= 0.3 is 0 Å². The lowest BCUT2D eigenvalue weighted by molar-refractivity contribution is 0.425. The molecule has 3 aromatic rings. The summed E-state index contributed by atoms with van der Waals surface area (Å²) < 4.78 is 0. The van der Waals surface area contributed by atoms with Crippen LogP contribution < -0.4 is 0 Å². The third-order valence-corrected chi connectivity index (χ3v) is 19.2. The molecule has 3 aromatic carbocycles. The van der Waals surface area contributed by atoms with Gasteiger partial charge in [0.25, 0.3) is 0 Å². The number of aliphatic imine (C=N–C) groups is 1. The van der Waals surface area contributed by atoms with Crippen LogP contribution in [0.5, 0.6) is 0 Å². The van der Waals surface area contributed by atoms with Crippen LogP contribution in [0, 0.1) is 29.6 Å². The second kappa shape index (κ2) is 45.2. The molecule has 1 nitrogen and oxygen atoms in total. The van der Waals surface area contributed by atoms with E-state index in [2.05, 4.69) is 262 Å². The molecule has 0 heterocycles. The smallest absolute Gasteiger partial charge is 0.0781 e. The van der Waals surface area contributed by atoms with Gasteiger partial charge in [-0.05, 0) is 181 Å². The van der Waals surface area contributed by atoms with Crippen LogP contribution >= 0.6 is 0 Å². The molecule has 0 amide bonds. The van der Waals surface area contributed by atoms with Gasteiger partial charge in [-0.1, -0.05) is 361 Å². The molecule has 0 bridgehead atoms. The highest BCUT2D eigenvalue weighted by Gasteiger charge is 2.24. The summed E-state index contributed by atoms with van der Waals surface area (Å²) in [6, 6.07) is 23.0. The maximum Gasteiger partial charge on any atom is 0.0781 e. The summed E-state index contributed by atoms with van der Waals surface area (Å²) in [6.07, 6.45) is 49.8. The highest BCUT2D eigenvalue weighted by Crippen LogP contribution is 2.43. The van der Waals surface area contributed by atoms with E-state index in [1.807, 2.05) is 0 Å². The number of hydrogen-bond donors (Lipinski definition) is 0. The topological polar surface area (TPSA) is 12.4 Å². The number of allylic oxidation sites excluding steroid dienone is 18. The first-order valence-electron chi connectivity index (χ1n) is 37.7. The van der Waals surface area contributed by atoms with E-state index < -0.39 is 0 Å². The van der Waals surface area contributed by atoms with Gasteiger partial charge in [0.15, 0.2) is 0 Å². The molecule has 1 heteroatoms. The Balaban J connectivity index is 0.00000266. The van der Waals surface area contributed by atoms with Gasteiger partial charge in [0.2, 0.25) is 0 Å². The average molecular weight is 1250 g/mol. The molecular weight excluding hydrogens is 1110 g/mol. The molecule has 3 atom stereocenters. The molecule has 510 valence electrons. The second-order valence-corrected chi connectivity index (χ2v) is 29.5. The zero-order valence-electron chi connectivity index (χ0n) is 64.2. The predicted octanol–water partition coefficient (Wildman–Crippen LogP) is 30.6. The van der Waals surface area contributed by atoms with Gasteiger partial charge in [-0.25, -0.2) is 4.99 Å². The Morgan fingerprint density at radius 1 is 0.598 bits per heavy atom. The number of hydrogen-bond acceptors (Lipinski definition) is 1. The molecule has 4 rings (SSSR count). The molecule has 1 aliphatic rings. The number of unbranched alkanes of at least 4 members (excludes halogenated alkanes) is 14. The van der Waals surface area contributed by atoms with E-state index >= 15 is 0 Å². The van der Waals surface area contributed by atoms with Gasteiger partial charge in [0.1, 0.15) is 0 Å². The van der Waals surface area contributed by atoms with Crippen LogP contribution in [0.15, 0.2) is 161 Å². The fourth-order valence-corrected chi connectivity index (χ4v) is 12.4. The summed E-state index contributed by atoms with van der Waals surface area (Å²) in [4.78, 5) is 5.98. The molecule has 92 heavy (non-hydrogen) atoms. The fraction of sp³-hybridized carbons (Fsp3) is 0.571. The molecular formula is C91H141N. The molecule has 0 aromatic heterocycles. The zero-order valence-corrected chi connectivity index (χ0v) is 64.2. The van der Waals surface area contributed by atoms with Crippen molar-refractivity contribution in [3.05, 3.63) is 195 Å². The highest BCUT2D eigenvalue weighted by molar-refractivity contribution is 6.16. The van der Waals surface area contributed by atoms with Crippen molar-refractivity contribution in [3.63, 3.8) is 0 Å². The third-order valence-electron chi connectivity index (χ3n) is 19.2. The van der Waals surface area contributed by atoms with E-state index in [1.54, 1.807) is 0 Å². The predicted molar refractivity (Wildman–Crippen MR) is 422 cm³/mol. The lowest BCUT2D eigenvalue weighted by Gasteiger charge is -2.25. The highest BCUT2D eigenvalue weighted by atomic mass is 14.8. The standard InChI is InChI=1S/C81H117N.C7H16.C3H8/c1-21-26-30-31-32-36-39-59(7)62(10)77-57-70(50-52-75(77)60(8)47-51-73(25-5)81(18,19)20)63(11)69(43-34-27-22-2)56-72(40-29-24-4)76-54-53-74(61(9)55-71(44-35-28-23-3)66(14)80(15,16)17)65(13)79(76)82-78(68-41-37-33-38-42-68)64(12)67-48-45-58(6)46-49-67;1-3-5-7-6-4-2;1-3-2/h25,33,37-38,41-42,45,47-59,62H,8,12,21-24,26-32,34-36,39-40,43-44,46H2,1-7,9-11,13-20H3;3-7H2,1-2H3;3H2,1-2H3/b51-47-,61-55+,69-63+,71-66+,72-56+,73-25+,82-78?;;. The quantitative estimate of drug-likeness (QED) is 0.0313. The zero-order chi connectivity index (χ0) is 68.8. The van der Waals surface area contributed by atoms with Crippen molar-refractivity contribution < 1.29 is 0 Å². The minimum absolute atomic E-state index is 0.0585. The first-order chi connectivity index (χ1) is 43.8. The summed E-state index contributed by atoms with van der Waals surface area (Å²) >= 11 is 0. The molecule has 0 N–H and O–H groups in total. The van der Waals surface area contributed by atoms with Gasteiger partial charge in [-0.2, -0.15) is 0 Å². The maximum absolute atomic E-state index is 5.98. The maximum atomic E-state index is 5.98. The summed E-state index contributed by atoms with van der Waals surface area (Å²) in [5, 5.41) is 0.